The van der Waals surface area contributed by atoms with Crippen molar-refractivity contribution in [3.05, 3.63) is 33.9 Å². The summed E-state index contributed by atoms with van der Waals surface area (Å²) in [6.45, 7) is 4.23. The fourth-order valence-corrected chi connectivity index (χ4v) is 1.50. The maximum Gasteiger partial charge on any atom is 0.274 e. The van der Waals surface area contributed by atoms with Crippen molar-refractivity contribution in [1.29, 1.82) is 0 Å². The fraction of sp³-hybridized carbons (Fsp3) is 0.455. The third kappa shape index (κ3) is 2.93. The van der Waals surface area contributed by atoms with E-state index in [1.54, 1.807) is 12.1 Å². The summed E-state index contributed by atoms with van der Waals surface area (Å²) in [5, 5.41) is 22.4. The Morgan fingerprint density at radius 1 is 1.50 bits per heavy atom. The Morgan fingerprint density at radius 2 is 2.19 bits per heavy atom. The molecule has 1 aromatic rings. The number of hydrogen-bond donors (Lipinski definition) is 2. The number of anilines is 1. The number of aliphatic hydroxyl groups excluding tert-OH is 1. The van der Waals surface area contributed by atoms with Gasteiger partial charge >= 0.3 is 0 Å². The molecule has 1 rings (SSSR count). The number of nitro benzene ring substituents is 1. The maximum absolute atomic E-state index is 10.9. The van der Waals surface area contributed by atoms with E-state index in [4.69, 9.17) is 5.11 Å². The average molecular weight is 224 g/mol. The molecule has 0 aromatic heterocycles. The highest BCUT2D eigenvalue weighted by molar-refractivity contribution is 5.56. The second-order valence-corrected chi connectivity index (χ2v) is 3.84. The summed E-state index contributed by atoms with van der Waals surface area (Å²) in [6.07, 6.45) is 0. The molecule has 1 aromatic carbocycles. The first-order chi connectivity index (χ1) is 7.56. The fourth-order valence-electron chi connectivity index (χ4n) is 1.50. The van der Waals surface area contributed by atoms with Crippen LogP contribution in [-0.2, 0) is 0 Å². The van der Waals surface area contributed by atoms with Crippen LogP contribution in [0.2, 0.25) is 0 Å². The van der Waals surface area contributed by atoms with Gasteiger partial charge in [0.25, 0.3) is 5.69 Å². The molecule has 88 valence electrons. The van der Waals surface area contributed by atoms with E-state index >= 15 is 0 Å². The van der Waals surface area contributed by atoms with E-state index in [2.05, 4.69) is 5.32 Å². The van der Waals surface area contributed by atoms with Crippen molar-refractivity contribution in [2.75, 3.05) is 18.5 Å². The first-order valence-corrected chi connectivity index (χ1v) is 5.19. The molecule has 0 aliphatic heterocycles. The van der Waals surface area contributed by atoms with Crippen LogP contribution in [0, 0.1) is 10.1 Å². The molecular formula is C11H16N2O3. The minimum Gasteiger partial charge on any atom is -0.395 e. The standard InChI is InChI=1S/C11H16N2O3/c1-8(2)10-4-3-9(12-5-6-14)7-11(10)13(15)16/h3-4,7-8,12,14H,5-6H2,1-2H3. The second-order valence-electron chi connectivity index (χ2n) is 3.84. The minimum absolute atomic E-state index is 0.000268. The van der Waals surface area contributed by atoms with Gasteiger partial charge in [0.05, 0.1) is 11.5 Å². The summed E-state index contributed by atoms with van der Waals surface area (Å²) in [6, 6.07) is 5.05. The lowest BCUT2D eigenvalue weighted by Gasteiger charge is -2.09. The van der Waals surface area contributed by atoms with E-state index in [0.717, 1.165) is 5.56 Å². The third-order valence-corrected chi connectivity index (χ3v) is 2.29. The topological polar surface area (TPSA) is 75.4 Å². The number of aliphatic hydroxyl groups is 1. The minimum atomic E-state index is -0.376. The van der Waals surface area contributed by atoms with Crippen LogP contribution >= 0.6 is 0 Å². The number of rotatable bonds is 5. The van der Waals surface area contributed by atoms with Crippen LogP contribution in [-0.4, -0.2) is 23.2 Å². The van der Waals surface area contributed by atoms with Crippen molar-refractivity contribution in [3.8, 4) is 0 Å². The maximum atomic E-state index is 10.9. The highest BCUT2D eigenvalue weighted by Crippen LogP contribution is 2.28. The molecule has 0 aliphatic carbocycles. The monoisotopic (exact) mass is 224 g/mol. The van der Waals surface area contributed by atoms with Crippen molar-refractivity contribution >= 4 is 11.4 Å². The van der Waals surface area contributed by atoms with Gasteiger partial charge in [-0.05, 0) is 18.1 Å². The summed E-state index contributed by atoms with van der Waals surface area (Å²) in [4.78, 5) is 10.5. The highest BCUT2D eigenvalue weighted by Gasteiger charge is 2.16. The van der Waals surface area contributed by atoms with Gasteiger partial charge in [0, 0.05) is 23.9 Å². The van der Waals surface area contributed by atoms with Gasteiger partial charge in [-0.3, -0.25) is 10.1 Å². The van der Waals surface area contributed by atoms with Gasteiger partial charge in [0.15, 0.2) is 0 Å². The number of benzene rings is 1. The SMILES string of the molecule is CC(C)c1ccc(NCCO)cc1[N+](=O)[O-]. The van der Waals surface area contributed by atoms with Gasteiger partial charge < -0.3 is 10.4 Å². The molecule has 0 saturated carbocycles. The molecule has 0 saturated heterocycles. The average Bonchev–Trinajstić information content (AvgIpc) is 2.25. The van der Waals surface area contributed by atoms with Crippen molar-refractivity contribution in [2.45, 2.75) is 19.8 Å². The zero-order valence-corrected chi connectivity index (χ0v) is 9.43. The first-order valence-electron chi connectivity index (χ1n) is 5.19. The lowest BCUT2D eigenvalue weighted by Crippen LogP contribution is -2.06. The van der Waals surface area contributed by atoms with E-state index in [1.165, 1.54) is 6.07 Å². The molecule has 0 fully saturated rings. The van der Waals surface area contributed by atoms with Crippen LogP contribution < -0.4 is 5.32 Å². The first kappa shape index (κ1) is 12.4. The van der Waals surface area contributed by atoms with Crippen molar-refractivity contribution in [1.82, 2.24) is 0 Å². The number of nitrogens with zero attached hydrogens (tertiary/aromatic N) is 1. The van der Waals surface area contributed by atoms with Crippen LogP contribution in [0.3, 0.4) is 0 Å². The van der Waals surface area contributed by atoms with Crippen LogP contribution in [0.25, 0.3) is 0 Å². The smallest absolute Gasteiger partial charge is 0.274 e. The van der Waals surface area contributed by atoms with E-state index in [9.17, 15) is 10.1 Å². The van der Waals surface area contributed by atoms with Crippen molar-refractivity contribution in [2.24, 2.45) is 0 Å². The van der Waals surface area contributed by atoms with Gasteiger partial charge in [-0.15, -0.1) is 0 Å². The molecule has 0 spiro atoms. The van der Waals surface area contributed by atoms with Gasteiger partial charge in [-0.2, -0.15) is 0 Å². The molecule has 0 amide bonds. The Balaban J connectivity index is 3.03. The summed E-state index contributed by atoms with van der Waals surface area (Å²) in [5.74, 6) is 0.118. The molecule has 0 radical (unpaired) electrons. The molecule has 0 aliphatic rings. The lowest BCUT2D eigenvalue weighted by atomic mass is 10.0. The second kappa shape index (κ2) is 5.46. The molecule has 5 nitrogen and oxygen atoms in total. The summed E-state index contributed by atoms with van der Waals surface area (Å²) in [7, 11) is 0. The highest BCUT2D eigenvalue weighted by atomic mass is 16.6. The molecule has 16 heavy (non-hydrogen) atoms. The number of nitrogens with one attached hydrogen (secondary N) is 1. The Kier molecular flexibility index (Phi) is 4.25. The Bertz CT molecular complexity index is 377. The van der Waals surface area contributed by atoms with Gasteiger partial charge in [0.2, 0.25) is 0 Å². The molecular weight excluding hydrogens is 208 g/mol. The quantitative estimate of drug-likeness (QED) is 0.593. The number of hydrogen-bond acceptors (Lipinski definition) is 4. The van der Waals surface area contributed by atoms with Gasteiger partial charge in [0.1, 0.15) is 0 Å². The normalized spacial score (nSPS) is 10.5. The van der Waals surface area contributed by atoms with Gasteiger partial charge in [-0.25, -0.2) is 0 Å². The zero-order valence-electron chi connectivity index (χ0n) is 9.43. The number of nitro groups is 1. The van der Waals surface area contributed by atoms with E-state index < -0.39 is 0 Å². The molecule has 0 atom stereocenters. The van der Waals surface area contributed by atoms with E-state index in [-0.39, 0.29) is 23.1 Å². The van der Waals surface area contributed by atoms with E-state index in [0.29, 0.717) is 12.2 Å². The van der Waals surface area contributed by atoms with Gasteiger partial charge in [-0.1, -0.05) is 13.8 Å². The third-order valence-electron chi connectivity index (χ3n) is 2.29. The largest absolute Gasteiger partial charge is 0.395 e. The molecule has 0 bridgehead atoms. The van der Waals surface area contributed by atoms with E-state index in [1.807, 2.05) is 13.8 Å². The van der Waals surface area contributed by atoms with Crippen LogP contribution in [0.5, 0.6) is 0 Å². The van der Waals surface area contributed by atoms with Crippen LogP contribution in [0.4, 0.5) is 11.4 Å². The lowest BCUT2D eigenvalue weighted by molar-refractivity contribution is -0.385. The zero-order chi connectivity index (χ0) is 12.1. The molecule has 0 heterocycles. The Morgan fingerprint density at radius 3 is 2.69 bits per heavy atom. The molecule has 2 N–H and O–H groups in total. The predicted octanol–water partition coefficient (Wildman–Crippen LogP) is 2.12. The Labute approximate surface area is 94.3 Å². The van der Waals surface area contributed by atoms with Crippen LogP contribution in [0.15, 0.2) is 18.2 Å². The Hall–Kier alpha value is -1.62. The molecule has 5 heteroatoms. The summed E-state index contributed by atoms with van der Waals surface area (Å²) >= 11 is 0. The predicted molar refractivity (Wildman–Crippen MR) is 62.8 cm³/mol. The summed E-state index contributed by atoms with van der Waals surface area (Å²) < 4.78 is 0. The van der Waals surface area contributed by atoms with Crippen molar-refractivity contribution < 1.29 is 10.0 Å². The van der Waals surface area contributed by atoms with Crippen LogP contribution in [0.1, 0.15) is 25.3 Å². The molecule has 0 unspecified atom stereocenters. The summed E-state index contributed by atoms with van der Waals surface area (Å²) in [5.41, 5.74) is 1.50. The van der Waals surface area contributed by atoms with Crippen molar-refractivity contribution in [3.63, 3.8) is 0 Å².